The monoisotopic (exact) mass is 219 g/mol. The zero-order valence-corrected chi connectivity index (χ0v) is 8.30. The number of benzene rings is 1. The molecule has 1 aromatic carbocycles. The molecule has 0 aromatic heterocycles. The van der Waals surface area contributed by atoms with Crippen LogP contribution in [0.4, 0.5) is 4.79 Å². The van der Waals surface area contributed by atoms with Crippen LogP contribution in [0.15, 0.2) is 24.3 Å². The summed E-state index contributed by atoms with van der Waals surface area (Å²) in [4.78, 5) is 32.5. The van der Waals surface area contributed by atoms with E-state index in [4.69, 9.17) is 4.74 Å². The van der Waals surface area contributed by atoms with Gasteiger partial charge in [-0.2, -0.15) is 0 Å². The van der Waals surface area contributed by atoms with Crippen LogP contribution in [0.1, 0.15) is 15.9 Å². The number of carbonyl (C=O) groups is 3. The van der Waals surface area contributed by atoms with Crippen molar-refractivity contribution in [2.24, 2.45) is 0 Å². The molecular formula is C11H9NO4. The van der Waals surface area contributed by atoms with Gasteiger partial charge in [-0.15, -0.1) is 0 Å². The van der Waals surface area contributed by atoms with Gasteiger partial charge in [0.15, 0.2) is 6.10 Å². The number of imide groups is 1. The lowest BCUT2D eigenvalue weighted by Crippen LogP contribution is -2.25. The molecule has 1 saturated heterocycles. The second kappa shape index (κ2) is 4.14. The largest absolute Gasteiger partial charge is 0.435 e. The van der Waals surface area contributed by atoms with Gasteiger partial charge < -0.3 is 4.74 Å². The van der Waals surface area contributed by atoms with Gasteiger partial charge in [0.1, 0.15) is 6.29 Å². The Morgan fingerprint density at radius 2 is 2.19 bits per heavy atom. The molecule has 1 atom stereocenters. The molecule has 0 bridgehead atoms. The first-order valence-electron chi connectivity index (χ1n) is 4.74. The van der Waals surface area contributed by atoms with E-state index in [1.54, 1.807) is 24.3 Å². The highest BCUT2D eigenvalue weighted by Crippen LogP contribution is 2.11. The first-order chi connectivity index (χ1) is 7.69. The number of rotatable bonds is 3. The fraction of sp³-hybridized carbons (Fsp3) is 0.182. The van der Waals surface area contributed by atoms with Gasteiger partial charge in [-0.1, -0.05) is 18.2 Å². The number of carbonyl (C=O) groups excluding carboxylic acids is 3. The molecule has 1 heterocycles. The Balaban J connectivity index is 2.11. The quantitative estimate of drug-likeness (QED) is 0.758. The maximum Gasteiger partial charge on any atom is 0.414 e. The molecule has 1 aromatic rings. The number of hydrogen-bond acceptors (Lipinski definition) is 4. The summed E-state index contributed by atoms with van der Waals surface area (Å²) in [5.74, 6) is -0.443. The second-order valence-electron chi connectivity index (χ2n) is 3.45. The van der Waals surface area contributed by atoms with Crippen molar-refractivity contribution in [1.29, 1.82) is 0 Å². The molecule has 1 N–H and O–H groups in total. The minimum absolute atomic E-state index is 0.277. The van der Waals surface area contributed by atoms with E-state index in [2.05, 4.69) is 0 Å². The number of ether oxygens (including phenoxy) is 1. The van der Waals surface area contributed by atoms with Gasteiger partial charge in [-0.25, -0.2) is 4.79 Å². The molecule has 16 heavy (non-hydrogen) atoms. The summed E-state index contributed by atoms with van der Waals surface area (Å²) in [6.07, 6.45) is -0.514. The smallest absolute Gasteiger partial charge is 0.414 e. The molecular weight excluding hydrogens is 210 g/mol. The summed E-state index contributed by atoms with van der Waals surface area (Å²) in [7, 11) is 0. The molecule has 0 aliphatic carbocycles. The first-order valence-corrected chi connectivity index (χ1v) is 4.74. The highest BCUT2D eigenvalue weighted by molar-refractivity contribution is 6.00. The Morgan fingerprint density at radius 1 is 1.38 bits per heavy atom. The summed E-state index contributed by atoms with van der Waals surface area (Å²) < 4.78 is 4.76. The van der Waals surface area contributed by atoms with Crippen molar-refractivity contribution >= 4 is 18.3 Å². The number of alkyl carbamates (subject to hydrolysis) is 1. The number of cyclic esters (lactones) is 1. The second-order valence-corrected chi connectivity index (χ2v) is 3.45. The van der Waals surface area contributed by atoms with Crippen molar-refractivity contribution in [3.05, 3.63) is 35.4 Å². The Morgan fingerprint density at radius 3 is 2.81 bits per heavy atom. The van der Waals surface area contributed by atoms with Crippen LogP contribution < -0.4 is 5.32 Å². The topological polar surface area (TPSA) is 72.5 Å². The standard InChI is InChI=1S/C11H9NO4/c13-6-8-3-1-2-7(4-8)5-9-10(14)12-11(15)16-9/h1-4,6,9H,5H2,(H,12,14,15). The molecule has 1 aliphatic heterocycles. The third-order valence-corrected chi connectivity index (χ3v) is 2.28. The van der Waals surface area contributed by atoms with Gasteiger partial charge in [0, 0.05) is 12.0 Å². The highest BCUT2D eigenvalue weighted by Gasteiger charge is 2.31. The van der Waals surface area contributed by atoms with Crippen LogP contribution in [0.3, 0.4) is 0 Å². The van der Waals surface area contributed by atoms with Crippen LogP contribution in [0.25, 0.3) is 0 Å². The van der Waals surface area contributed by atoms with Crippen LogP contribution >= 0.6 is 0 Å². The molecule has 2 rings (SSSR count). The lowest BCUT2D eigenvalue weighted by Gasteiger charge is -2.06. The predicted molar refractivity (Wildman–Crippen MR) is 53.9 cm³/mol. The molecule has 82 valence electrons. The van der Waals surface area contributed by atoms with E-state index in [0.717, 1.165) is 11.8 Å². The Labute approximate surface area is 91.4 Å². The summed E-state index contributed by atoms with van der Waals surface area (Å²) in [5, 5.41) is 2.05. The molecule has 1 aliphatic rings. The molecule has 5 heteroatoms. The Hall–Kier alpha value is -2.17. The highest BCUT2D eigenvalue weighted by atomic mass is 16.6. The number of amides is 2. The maximum atomic E-state index is 11.2. The average molecular weight is 219 g/mol. The Bertz CT molecular complexity index is 455. The third-order valence-electron chi connectivity index (χ3n) is 2.28. The van der Waals surface area contributed by atoms with E-state index in [9.17, 15) is 14.4 Å². The zero-order chi connectivity index (χ0) is 11.5. The van der Waals surface area contributed by atoms with Crippen LogP contribution in [0.5, 0.6) is 0 Å². The van der Waals surface area contributed by atoms with Crippen LogP contribution in [-0.2, 0) is 16.0 Å². The number of hydrogen-bond donors (Lipinski definition) is 1. The minimum Gasteiger partial charge on any atom is -0.435 e. The minimum atomic E-state index is -0.797. The molecule has 1 fully saturated rings. The lowest BCUT2D eigenvalue weighted by molar-refractivity contribution is -0.123. The van der Waals surface area contributed by atoms with Crippen molar-refractivity contribution in [2.45, 2.75) is 12.5 Å². The van der Waals surface area contributed by atoms with Crippen molar-refractivity contribution < 1.29 is 19.1 Å². The lowest BCUT2D eigenvalue weighted by atomic mass is 10.1. The first kappa shape index (κ1) is 10.4. The zero-order valence-electron chi connectivity index (χ0n) is 8.30. The average Bonchev–Trinajstić information content (AvgIpc) is 2.58. The summed E-state index contributed by atoms with van der Waals surface area (Å²) in [6, 6.07) is 6.81. The fourth-order valence-corrected chi connectivity index (χ4v) is 1.54. The van der Waals surface area contributed by atoms with E-state index >= 15 is 0 Å². The van der Waals surface area contributed by atoms with E-state index in [1.165, 1.54) is 0 Å². The third kappa shape index (κ3) is 2.08. The van der Waals surface area contributed by atoms with E-state index in [0.29, 0.717) is 5.56 Å². The van der Waals surface area contributed by atoms with Crippen molar-refractivity contribution in [1.82, 2.24) is 5.32 Å². The molecule has 0 spiro atoms. The van der Waals surface area contributed by atoms with Gasteiger partial charge in [0.25, 0.3) is 5.91 Å². The van der Waals surface area contributed by atoms with Gasteiger partial charge >= 0.3 is 6.09 Å². The Kier molecular flexibility index (Phi) is 2.68. The number of aldehydes is 1. The van der Waals surface area contributed by atoms with Crippen molar-refractivity contribution in [2.75, 3.05) is 0 Å². The normalized spacial score (nSPS) is 19.1. The van der Waals surface area contributed by atoms with Crippen LogP contribution in [0.2, 0.25) is 0 Å². The van der Waals surface area contributed by atoms with E-state index in [1.807, 2.05) is 5.32 Å². The molecule has 2 amide bonds. The fourth-order valence-electron chi connectivity index (χ4n) is 1.54. The molecule has 0 radical (unpaired) electrons. The van der Waals surface area contributed by atoms with E-state index < -0.39 is 18.1 Å². The van der Waals surface area contributed by atoms with Crippen molar-refractivity contribution in [3.8, 4) is 0 Å². The van der Waals surface area contributed by atoms with Gasteiger partial charge in [-0.05, 0) is 11.6 Å². The summed E-state index contributed by atoms with van der Waals surface area (Å²) >= 11 is 0. The summed E-state index contributed by atoms with van der Waals surface area (Å²) in [6.45, 7) is 0. The maximum absolute atomic E-state index is 11.2. The van der Waals surface area contributed by atoms with Crippen molar-refractivity contribution in [3.63, 3.8) is 0 Å². The molecule has 5 nitrogen and oxygen atoms in total. The summed E-state index contributed by atoms with van der Waals surface area (Å²) in [5.41, 5.74) is 1.31. The predicted octanol–water partition coefficient (Wildman–Crippen LogP) is 0.677. The SMILES string of the molecule is O=Cc1cccc(CC2OC(=O)NC2=O)c1. The molecule has 1 unspecified atom stereocenters. The van der Waals surface area contributed by atoms with Crippen LogP contribution in [-0.4, -0.2) is 24.4 Å². The van der Waals surface area contributed by atoms with Crippen LogP contribution in [0, 0.1) is 0 Å². The van der Waals surface area contributed by atoms with Gasteiger partial charge in [0.2, 0.25) is 0 Å². The molecule has 0 saturated carbocycles. The van der Waals surface area contributed by atoms with E-state index in [-0.39, 0.29) is 6.42 Å². The number of nitrogens with one attached hydrogen (secondary N) is 1. The van der Waals surface area contributed by atoms with Gasteiger partial charge in [0.05, 0.1) is 0 Å². The van der Waals surface area contributed by atoms with Gasteiger partial charge in [-0.3, -0.25) is 14.9 Å².